The lowest BCUT2D eigenvalue weighted by Gasteiger charge is -2.08. The summed E-state index contributed by atoms with van der Waals surface area (Å²) in [7, 11) is 0. The molecule has 0 aliphatic rings. The Morgan fingerprint density at radius 1 is 1.03 bits per heavy atom. The lowest BCUT2D eigenvalue weighted by atomic mass is 10.1. The first-order chi connectivity index (χ1) is 14.9. The van der Waals surface area contributed by atoms with Gasteiger partial charge >= 0.3 is 0 Å². The van der Waals surface area contributed by atoms with Crippen LogP contribution in [0.15, 0.2) is 79.0 Å². The van der Waals surface area contributed by atoms with Crippen molar-refractivity contribution in [2.75, 3.05) is 5.32 Å². The Kier molecular flexibility index (Phi) is 5.28. The van der Waals surface area contributed by atoms with Crippen molar-refractivity contribution in [2.24, 2.45) is 0 Å². The minimum absolute atomic E-state index is 0.0865. The van der Waals surface area contributed by atoms with Crippen LogP contribution in [0, 0.1) is 22.9 Å². The standard InChI is InChI=1S/C23H17FN4O3/c1-15-20(8-5-9-21(15)28(30)31)25-23(29)19-14-27(18-6-3-2-4-7-18)26-22(19)16-10-12-17(24)13-11-16/h2-14H,1H3,(H,25,29). The highest BCUT2D eigenvalue weighted by Crippen LogP contribution is 2.28. The van der Waals surface area contributed by atoms with Gasteiger partial charge in [-0.05, 0) is 49.4 Å². The minimum atomic E-state index is -0.498. The van der Waals surface area contributed by atoms with E-state index in [1.54, 1.807) is 36.0 Å². The van der Waals surface area contributed by atoms with E-state index in [1.807, 2.05) is 30.3 Å². The molecule has 1 heterocycles. The lowest BCUT2D eigenvalue weighted by Crippen LogP contribution is -2.13. The second-order valence-corrected chi connectivity index (χ2v) is 6.84. The number of carbonyl (C=O) groups is 1. The van der Waals surface area contributed by atoms with Crippen molar-refractivity contribution in [3.63, 3.8) is 0 Å². The van der Waals surface area contributed by atoms with Crippen LogP contribution in [0.1, 0.15) is 15.9 Å². The Morgan fingerprint density at radius 2 is 1.74 bits per heavy atom. The number of benzene rings is 3. The Labute approximate surface area is 176 Å². The molecule has 0 saturated heterocycles. The van der Waals surface area contributed by atoms with Crippen LogP contribution in [-0.2, 0) is 0 Å². The molecular weight excluding hydrogens is 399 g/mol. The van der Waals surface area contributed by atoms with Gasteiger partial charge in [0.2, 0.25) is 0 Å². The summed E-state index contributed by atoms with van der Waals surface area (Å²) in [5, 5.41) is 18.5. The van der Waals surface area contributed by atoms with Gasteiger partial charge in [0.15, 0.2) is 0 Å². The number of halogens is 1. The summed E-state index contributed by atoms with van der Waals surface area (Å²) in [4.78, 5) is 23.9. The topological polar surface area (TPSA) is 90.1 Å². The van der Waals surface area contributed by atoms with Gasteiger partial charge in [0.05, 0.1) is 27.4 Å². The summed E-state index contributed by atoms with van der Waals surface area (Å²) in [6.45, 7) is 1.57. The summed E-state index contributed by atoms with van der Waals surface area (Å²) in [6, 6.07) is 19.4. The fraction of sp³-hybridized carbons (Fsp3) is 0.0435. The Bertz CT molecular complexity index is 1270. The predicted octanol–water partition coefficient (Wildman–Crippen LogP) is 5.15. The molecule has 8 heteroatoms. The predicted molar refractivity (Wildman–Crippen MR) is 115 cm³/mol. The van der Waals surface area contributed by atoms with E-state index in [0.29, 0.717) is 22.5 Å². The van der Waals surface area contributed by atoms with Gasteiger partial charge in [-0.2, -0.15) is 5.10 Å². The molecule has 4 rings (SSSR count). The van der Waals surface area contributed by atoms with Gasteiger partial charge in [0.1, 0.15) is 11.5 Å². The highest BCUT2D eigenvalue weighted by molar-refractivity contribution is 6.08. The average molecular weight is 416 g/mol. The number of nitrogens with zero attached hydrogens (tertiary/aromatic N) is 3. The SMILES string of the molecule is Cc1c(NC(=O)c2cn(-c3ccccc3)nc2-c2ccc(F)cc2)cccc1[N+](=O)[O-]. The van der Waals surface area contributed by atoms with E-state index in [9.17, 15) is 19.3 Å². The van der Waals surface area contributed by atoms with E-state index in [-0.39, 0.29) is 11.3 Å². The summed E-state index contributed by atoms with van der Waals surface area (Å²) < 4.78 is 15.0. The first kappa shape index (κ1) is 20.0. The number of hydrogen-bond acceptors (Lipinski definition) is 4. The maximum Gasteiger partial charge on any atom is 0.274 e. The minimum Gasteiger partial charge on any atom is -0.321 e. The largest absolute Gasteiger partial charge is 0.321 e. The van der Waals surface area contributed by atoms with Crippen molar-refractivity contribution in [3.8, 4) is 16.9 Å². The summed E-state index contributed by atoms with van der Waals surface area (Å²) in [5.74, 6) is -0.880. The summed E-state index contributed by atoms with van der Waals surface area (Å²) >= 11 is 0. The number of amides is 1. The molecule has 0 aliphatic heterocycles. The number of nitrogens with one attached hydrogen (secondary N) is 1. The Hall–Kier alpha value is -4.33. The van der Waals surface area contributed by atoms with Crippen LogP contribution in [0.5, 0.6) is 0 Å². The number of hydrogen-bond donors (Lipinski definition) is 1. The van der Waals surface area contributed by atoms with E-state index in [0.717, 1.165) is 5.69 Å². The van der Waals surface area contributed by atoms with E-state index in [2.05, 4.69) is 10.4 Å². The third-order valence-corrected chi connectivity index (χ3v) is 4.85. The number of carbonyl (C=O) groups excluding carboxylic acids is 1. The van der Waals surface area contributed by atoms with Gasteiger partial charge in [-0.3, -0.25) is 14.9 Å². The first-order valence-corrected chi connectivity index (χ1v) is 9.40. The van der Waals surface area contributed by atoms with Gasteiger partial charge < -0.3 is 5.32 Å². The zero-order valence-corrected chi connectivity index (χ0v) is 16.4. The van der Waals surface area contributed by atoms with Gasteiger partial charge in [0.25, 0.3) is 11.6 Å². The molecule has 0 unspecified atom stereocenters. The fourth-order valence-corrected chi connectivity index (χ4v) is 3.22. The van der Waals surface area contributed by atoms with Crippen LogP contribution < -0.4 is 5.32 Å². The Balaban J connectivity index is 1.77. The van der Waals surface area contributed by atoms with E-state index >= 15 is 0 Å². The molecular formula is C23H17FN4O3. The van der Waals surface area contributed by atoms with E-state index in [1.165, 1.54) is 24.3 Å². The van der Waals surface area contributed by atoms with Crippen LogP contribution in [-0.4, -0.2) is 20.6 Å². The van der Waals surface area contributed by atoms with Gasteiger partial charge in [-0.15, -0.1) is 0 Å². The highest BCUT2D eigenvalue weighted by Gasteiger charge is 2.21. The van der Waals surface area contributed by atoms with Crippen molar-refractivity contribution >= 4 is 17.3 Å². The molecule has 154 valence electrons. The Morgan fingerprint density at radius 3 is 2.42 bits per heavy atom. The molecule has 0 bridgehead atoms. The van der Waals surface area contributed by atoms with Crippen LogP contribution in [0.2, 0.25) is 0 Å². The molecule has 3 aromatic carbocycles. The number of rotatable bonds is 5. The molecule has 1 amide bonds. The van der Waals surface area contributed by atoms with Crippen molar-refractivity contribution in [1.29, 1.82) is 0 Å². The van der Waals surface area contributed by atoms with E-state index in [4.69, 9.17) is 0 Å². The quantitative estimate of drug-likeness (QED) is 0.360. The van der Waals surface area contributed by atoms with Gasteiger partial charge in [-0.25, -0.2) is 9.07 Å². The zero-order valence-electron chi connectivity index (χ0n) is 16.4. The maximum absolute atomic E-state index is 13.4. The van der Waals surface area contributed by atoms with Crippen molar-refractivity contribution in [1.82, 2.24) is 9.78 Å². The van der Waals surface area contributed by atoms with Gasteiger partial charge in [0, 0.05) is 17.8 Å². The molecule has 0 fully saturated rings. The van der Waals surface area contributed by atoms with Gasteiger partial charge in [-0.1, -0.05) is 24.3 Å². The third-order valence-electron chi connectivity index (χ3n) is 4.85. The molecule has 0 atom stereocenters. The monoisotopic (exact) mass is 416 g/mol. The number of aromatic nitrogens is 2. The van der Waals surface area contributed by atoms with Crippen LogP contribution in [0.3, 0.4) is 0 Å². The fourth-order valence-electron chi connectivity index (χ4n) is 3.22. The van der Waals surface area contributed by atoms with Crippen molar-refractivity contribution < 1.29 is 14.1 Å². The third kappa shape index (κ3) is 4.04. The number of anilines is 1. The molecule has 0 spiro atoms. The molecule has 0 saturated carbocycles. The molecule has 4 aromatic rings. The molecule has 1 aromatic heterocycles. The molecule has 0 radical (unpaired) electrons. The smallest absolute Gasteiger partial charge is 0.274 e. The lowest BCUT2D eigenvalue weighted by molar-refractivity contribution is -0.385. The summed E-state index contributed by atoms with van der Waals surface area (Å²) in [6.07, 6.45) is 1.58. The number of para-hydroxylation sites is 1. The molecule has 0 aliphatic carbocycles. The van der Waals surface area contributed by atoms with E-state index < -0.39 is 16.6 Å². The van der Waals surface area contributed by atoms with Crippen LogP contribution >= 0.6 is 0 Å². The normalized spacial score (nSPS) is 10.6. The van der Waals surface area contributed by atoms with Crippen molar-refractivity contribution in [2.45, 2.75) is 6.92 Å². The van der Waals surface area contributed by atoms with Crippen molar-refractivity contribution in [3.05, 3.63) is 106 Å². The molecule has 31 heavy (non-hydrogen) atoms. The van der Waals surface area contributed by atoms with Crippen LogP contribution in [0.4, 0.5) is 15.8 Å². The molecule has 1 N–H and O–H groups in total. The first-order valence-electron chi connectivity index (χ1n) is 9.40. The number of nitro groups is 1. The maximum atomic E-state index is 13.4. The zero-order chi connectivity index (χ0) is 22.0. The number of nitro benzene ring substituents is 1. The summed E-state index contributed by atoms with van der Waals surface area (Å²) in [5.41, 5.74) is 2.52. The second-order valence-electron chi connectivity index (χ2n) is 6.84. The molecule has 7 nitrogen and oxygen atoms in total. The highest BCUT2D eigenvalue weighted by atomic mass is 19.1. The van der Waals surface area contributed by atoms with Crippen LogP contribution in [0.25, 0.3) is 16.9 Å². The second kappa shape index (κ2) is 8.19. The average Bonchev–Trinajstić information content (AvgIpc) is 3.22.